The van der Waals surface area contributed by atoms with E-state index in [4.69, 9.17) is 16.7 Å². The lowest BCUT2D eigenvalue weighted by atomic mass is 10.1. The molecule has 1 saturated heterocycles. The predicted octanol–water partition coefficient (Wildman–Crippen LogP) is 3.03. The van der Waals surface area contributed by atoms with Gasteiger partial charge in [0.15, 0.2) is 0 Å². The fourth-order valence-corrected chi connectivity index (χ4v) is 4.24. The number of sulfonamides is 1. The minimum absolute atomic E-state index is 0.141. The third-order valence-electron chi connectivity index (χ3n) is 5.07. The molecule has 0 saturated carbocycles. The first-order chi connectivity index (χ1) is 13.4. The molecule has 0 amide bonds. The number of primary sulfonamides is 1. The molecule has 28 heavy (non-hydrogen) atoms. The van der Waals surface area contributed by atoms with Crippen molar-refractivity contribution in [1.82, 2.24) is 14.5 Å². The molecule has 0 bridgehead atoms. The van der Waals surface area contributed by atoms with Crippen LogP contribution in [0.15, 0.2) is 36.8 Å². The van der Waals surface area contributed by atoms with Crippen molar-refractivity contribution in [2.45, 2.75) is 25.8 Å². The topological polar surface area (TPSA) is 94.1 Å². The van der Waals surface area contributed by atoms with E-state index in [0.717, 1.165) is 41.1 Å². The Morgan fingerprint density at radius 3 is 2.64 bits per heavy atom. The number of hydrogen-bond donors (Lipinski definition) is 1. The van der Waals surface area contributed by atoms with Crippen molar-refractivity contribution in [2.75, 3.05) is 23.7 Å². The summed E-state index contributed by atoms with van der Waals surface area (Å²) in [7, 11) is -3.54. The second-order valence-electron chi connectivity index (χ2n) is 7.08. The maximum absolute atomic E-state index is 11.3. The molecular formula is C19H22ClN5O2S. The summed E-state index contributed by atoms with van der Waals surface area (Å²) in [5.41, 5.74) is 3.47. The zero-order chi connectivity index (χ0) is 19.7. The number of aromatic nitrogens is 3. The molecule has 1 aliphatic rings. The van der Waals surface area contributed by atoms with Crippen LogP contribution < -0.4 is 10.0 Å². The van der Waals surface area contributed by atoms with Crippen LogP contribution in [-0.2, 0) is 16.6 Å². The van der Waals surface area contributed by atoms with Gasteiger partial charge >= 0.3 is 0 Å². The minimum Gasteiger partial charge on any atom is -0.357 e. The van der Waals surface area contributed by atoms with Crippen molar-refractivity contribution < 1.29 is 8.42 Å². The van der Waals surface area contributed by atoms with Gasteiger partial charge in [-0.25, -0.2) is 23.5 Å². The van der Waals surface area contributed by atoms with Gasteiger partial charge in [0.05, 0.1) is 28.1 Å². The number of rotatable bonds is 5. The molecule has 0 aliphatic carbocycles. The number of fused-ring (bicyclic) bond motifs is 1. The smallest absolute Gasteiger partial charge is 0.210 e. The van der Waals surface area contributed by atoms with Gasteiger partial charge in [-0.05, 0) is 43.0 Å². The first-order valence-corrected chi connectivity index (χ1v) is 11.4. The van der Waals surface area contributed by atoms with Crippen molar-refractivity contribution in [1.29, 1.82) is 0 Å². The maximum atomic E-state index is 11.3. The number of nitrogens with zero attached hydrogens (tertiary/aromatic N) is 4. The first-order valence-electron chi connectivity index (χ1n) is 9.27. The Morgan fingerprint density at radius 2 is 1.89 bits per heavy atom. The normalized spacial score (nSPS) is 15.3. The van der Waals surface area contributed by atoms with E-state index < -0.39 is 10.0 Å². The highest BCUT2D eigenvalue weighted by Crippen LogP contribution is 2.32. The molecule has 0 spiro atoms. The van der Waals surface area contributed by atoms with E-state index in [1.807, 2.05) is 24.3 Å². The molecule has 1 aliphatic heterocycles. The number of benzene rings is 1. The molecule has 1 aromatic carbocycles. The van der Waals surface area contributed by atoms with Crippen LogP contribution in [0.5, 0.6) is 0 Å². The van der Waals surface area contributed by atoms with E-state index in [0.29, 0.717) is 5.02 Å². The average molecular weight is 420 g/mol. The van der Waals surface area contributed by atoms with Crippen LogP contribution in [0.1, 0.15) is 19.3 Å². The van der Waals surface area contributed by atoms with Gasteiger partial charge in [-0.2, -0.15) is 0 Å². The molecule has 0 radical (unpaired) electrons. The van der Waals surface area contributed by atoms with Gasteiger partial charge in [0.1, 0.15) is 5.82 Å². The van der Waals surface area contributed by atoms with Gasteiger partial charge in [-0.15, -0.1) is 0 Å². The summed E-state index contributed by atoms with van der Waals surface area (Å²) in [5, 5.41) is 5.71. The minimum atomic E-state index is -3.54. The highest BCUT2D eigenvalue weighted by molar-refractivity contribution is 7.89. The fourth-order valence-electron chi connectivity index (χ4n) is 3.57. The Bertz CT molecular complexity index is 1110. The number of anilines is 1. The number of hydrogen-bond acceptors (Lipinski definition) is 5. The average Bonchev–Trinajstić information content (AvgIpc) is 3.09. The molecule has 7 nitrogen and oxygen atoms in total. The van der Waals surface area contributed by atoms with Crippen LogP contribution in [0.2, 0.25) is 5.02 Å². The van der Waals surface area contributed by atoms with E-state index in [9.17, 15) is 8.42 Å². The van der Waals surface area contributed by atoms with Gasteiger partial charge in [-0.3, -0.25) is 0 Å². The molecule has 2 aromatic heterocycles. The van der Waals surface area contributed by atoms with Crippen molar-refractivity contribution in [3.8, 4) is 11.1 Å². The van der Waals surface area contributed by atoms with Crippen LogP contribution in [0.4, 0.5) is 5.82 Å². The first kappa shape index (κ1) is 19.2. The van der Waals surface area contributed by atoms with E-state index in [-0.39, 0.29) is 12.3 Å². The monoisotopic (exact) mass is 419 g/mol. The molecule has 0 atom stereocenters. The highest BCUT2D eigenvalue weighted by atomic mass is 35.5. The Labute approximate surface area is 169 Å². The van der Waals surface area contributed by atoms with Gasteiger partial charge in [0.25, 0.3) is 0 Å². The second-order valence-corrected chi connectivity index (χ2v) is 9.22. The summed E-state index contributed by atoms with van der Waals surface area (Å²) in [6, 6.07) is 7.89. The molecule has 148 valence electrons. The molecule has 1 fully saturated rings. The SMILES string of the molecule is NS(=O)(=O)CCn1cnc2ccc(-c3cc(N4CCCCC4)ncc3Cl)cc21. The van der Waals surface area contributed by atoms with E-state index >= 15 is 0 Å². The van der Waals surface area contributed by atoms with Crippen molar-refractivity contribution in [2.24, 2.45) is 5.14 Å². The number of piperidine rings is 1. The summed E-state index contributed by atoms with van der Waals surface area (Å²) in [6.07, 6.45) is 6.94. The Hall–Kier alpha value is -2.16. The zero-order valence-electron chi connectivity index (χ0n) is 15.4. The van der Waals surface area contributed by atoms with E-state index in [1.165, 1.54) is 19.3 Å². The number of halogens is 1. The third-order valence-corrected chi connectivity index (χ3v) is 6.12. The lowest BCUT2D eigenvalue weighted by molar-refractivity contribution is 0.573. The van der Waals surface area contributed by atoms with Crippen LogP contribution >= 0.6 is 11.6 Å². The standard InChI is InChI=1S/C19H22ClN5O2S/c20-16-12-22-19(24-6-2-1-3-7-24)11-15(16)14-4-5-17-18(10-14)25(13-23-17)8-9-28(21,26)27/h4-5,10-13H,1-3,6-9H2,(H2,21,26,27). The summed E-state index contributed by atoms with van der Waals surface area (Å²) < 4.78 is 24.4. The van der Waals surface area contributed by atoms with E-state index in [1.54, 1.807) is 17.1 Å². The largest absolute Gasteiger partial charge is 0.357 e. The fraction of sp³-hybridized carbons (Fsp3) is 0.368. The zero-order valence-corrected chi connectivity index (χ0v) is 17.0. The van der Waals surface area contributed by atoms with Crippen LogP contribution in [-0.4, -0.2) is 41.8 Å². The van der Waals surface area contributed by atoms with Crippen molar-refractivity contribution >= 4 is 38.5 Å². The Kier molecular flexibility index (Phi) is 5.27. The van der Waals surface area contributed by atoms with Crippen LogP contribution in [0.25, 0.3) is 22.2 Å². The van der Waals surface area contributed by atoms with Gasteiger partial charge < -0.3 is 9.47 Å². The molecule has 2 N–H and O–H groups in total. The summed E-state index contributed by atoms with van der Waals surface area (Å²) in [5.74, 6) is 0.791. The molecule has 3 aromatic rings. The van der Waals surface area contributed by atoms with Gasteiger partial charge in [0.2, 0.25) is 10.0 Å². The molecular weight excluding hydrogens is 398 g/mol. The third kappa shape index (κ3) is 4.14. The predicted molar refractivity (Wildman–Crippen MR) is 112 cm³/mol. The van der Waals surface area contributed by atoms with Crippen LogP contribution in [0, 0.1) is 0 Å². The van der Waals surface area contributed by atoms with Gasteiger partial charge in [0, 0.05) is 31.4 Å². The second kappa shape index (κ2) is 7.69. The summed E-state index contributed by atoms with van der Waals surface area (Å²) in [6.45, 7) is 2.27. The molecule has 4 rings (SSSR count). The Morgan fingerprint density at radius 1 is 1.11 bits per heavy atom. The van der Waals surface area contributed by atoms with Crippen LogP contribution in [0.3, 0.4) is 0 Å². The molecule has 9 heteroatoms. The summed E-state index contributed by atoms with van der Waals surface area (Å²) >= 11 is 6.46. The summed E-state index contributed by atoms with van der Waals surface area (Å²) in [4.78, 5) is 11.1. The number of aryl methyl sites for hydroxylation is 1. The van der Waals surface area contributed by atoms with Gasteiger partial charge in [-0.1, -0.05) is 17.7 Å². The highest BCUT2D eigenvalue weighted by Gasteiger charge is 2.15. The quantitative estimate of drug-likeness (QED) is 0.685. The van der Waals surface area contributed by atoms with Crippen molar-refractivity contribution in [3.05, 3.63) is 41.8 Å². The number of imidazole rings is 1. The Balaban J connectivity index is 1.70. The molecule has 3 heterocycles. The molecule has 0 unspecified atom stereocenters. The lowest BCUT2D eigenvalue weighted by Crippen LogP contribution is -2.30. The lowest BCUT2D eigenvalue weighted by Gasteiger charge is -2.28. The number of nitrogens with two attached hydrogens (primary N) is 1. The van der Waals surface area contributed by atoms with E-state index in [2.05, 4.69) is 14.9 Å². The van der Waals surface area contributed by atoms with Crippen molar-refractivity contribution in [3.63, 3.8) is 0 Å². The maximum Gasteiger partial charge on any atom is 0.210 e. The number of pyridine rings is 1.